The van der Waals surface area contributed by atoms with Crippen molar-refractivity contribution in [1.29, 1.82) is 0 Å². The molecule has 122 valence electrons. The summed E-state index contributed by atoms with van der Waals surface area (Å²) in [7, 11) is 0. The molecule has 0 saturated carbocycles. The molecule has 1 aromatic rings. The Bertz CT molecular complexity index is 504. The Kier molecular flexibility index (Phi) is 7.70. The normalized spacial score (nSPS) is 16.5. The molecule has 2 rings (SSSR count). The Balaban J connectivity index is 0.00000242. The van der Waals surface area contributed by atoms with Gasteiger partial charge in [-0.2, -0.15) is 0 Å². The number of hydrogen-bond acceptors (Lipinski definition) is 3. The maximum atomic E-state index is 12.0. The second-order valence-electron chi connectivity index (χ2n) is 5.11. The summed E-state index contributed by atoms with van der Waals surface area (Å²) in [6.45, 7) is 3.41. The molecule has 3 amide bonds. The fourth-order valence-electron chi connectivity index (χ4n) is 2.38. The van der Waals surface area contributed by atoms with Gasteiger partial charge in [0.2, 0.25) is 5.91 Å². The Morgan fingerprint density at radius 1 is 1.27 bits per heavy atom. The molecule has 1 aromatic carbocycles. The highest BCUT2D eigenvalue weighted by Gasteiger charge is 2.17. The lowest BCUT2D eigenvalue weighted by Crippen LogP contribution is -2.28. The summed E-state index contributed by atoms with van der Waals surface area (Å²) < 4.78 is 0. The van der Waals surface area contributed by atoms with Crippen LogP contribution in [0, 0.1) is 0 Å². The topological polar surface area (TPSA) is 82.3 Å². The molecular weight excluding hydrogens is 304 g/mol. The maximum Gasteiger partial charge on any atom is 0.319 e. The van der Waals surface area contributed by atoms with Gasteiger partial charge in [0, 0.05) is 30.4 Å². The smallest absolute Gasteiger partial charge is 0.319 e. The molecule has 1 atom stereocenters. The number of halogens is 1. The number of amides is 3. The number of urea groups is 1. The van der Waals surface area contributed by atoms with Crippen molar-refractivity contribution in [2.45, 2.75) is 32.2 Å². The van der Waals surface area contributed by atoms with E-state index in [4.69, 9.17) is 0 Å². The highest BCUT2D eigenvalue weighted by atomic mass is 35.5. The van der Waals surface area contributed by atoms with E-state index >= 15 is 0 Å². The second kappa shape index (κ2) is 9.27. The number of anilines is 2. The lowest BCUT2D eigenvalue weighted by molar-refractivity contribution is -0.116. The fourth-order valence-corrected chi connectivity index (χ4v) is 2.38. The molecule has 1 heterocycles. The number of rotatable bonds is 5. The average Bonchev–Trinajstić information content (AvgIpc) is 2.92. The van der Waals surface area contributed by atoms with E-state index in [0.717, 1.165) is 19.4 Å². The van der Waals surface area contributed by atoms with E-state index < -0.39 is 0 Å². The largest absolute Gasteiger partial charge is 0.338 e. The molecule has 1 saturated heterocycles. The number of nitrogens with one attached hydrogen (secondary N) is 4. The Morgan fingerprint density at radius 2 is 2.00 bits per heavy atom. The fraction of sp³-hybridized carbons (Fsp3) is 0.467. The average molecular weight is 327 g/mol. The minimum absolute atomic E-state index is 0. The van der Waals surface area contributed by atoms with Crippen molar-refractivity contribution in [3.63, 3.8) is 0 Å². The number of hydrogen-bond donors (Lipinski definition) is 4. The van der Waals surface area contributed by atoms with Gasteiger partial charge in [0.05, 0.1) is 0 Å². The first kappa shape index (κ1) is 18.3. The van der Waals surface area contributed by atoms with E-state index in [9.17, 15) is 9.59 Å². The van der Waals surface area contributed by atoms with Crippen molar-refractivity contribution in [1.82, 2.24) is 10.6 Å². The van der Waals surface area contributed by atoms with Gasteiger partial charge in [-0.3, -0.25) is 4.79 Å². The highest BCUT2D eigenvalue weighted by molar-refractivity contribution is 5.93. The first-order chi connectivity index (χ1) is 10.2. The van der Waals surface area contributed by atoms with E-state index in [1.165, 1.54) is 0 Å². The Morgan fingerprint density at radius 3 is 2.64 bits per heavy atom. The molecule has 1 unspecified atom stereocenters. The van der Waals surface area contributed by atoms with Gasteiger partial charge in [0.15, 0.2) is 0 Å². The predicted octanol–water partition coefficient (Wildman–Crippen LogP) is 2.33. The third-order valence-corrected chi connectivity index (χ3v) is 3.34. The standard InChI is InChI=1S/C15H22N4O2.ClH/c1-2-16-15(21)19-13-6-3-5-12(9-13)18-14(20)10-11-7-4-8-17-11;/h3,5-6,9,11,17H,2,4,7-8,10H2,1H3,(H,18,20)(H2,16,19,21);1H. The molecule has 0 radical (unpaired) electrons. The van der Waals surface area contributed by atoms with Crippen molar-refractivity contribution >= 4 is 35.7 Å². The third kappa shape index (κ3) is 5.91. The molecule has 1 aliphatic heterocycles. The quantitative estimate of drug-likeness (QED) is 0.670. The SMILES string of the molecule is CCNC(=O)Nc1cccc(NC(=O)CC2CCCN2)c1.Cl. The molecule has 0 aliphatic carbocycles. The van der Waals surface area contributed by atoms with Crippen molar-refractivity contribution in [3.05, 3.63) is 24.3 Å². The molecule has 22 heavy (non-hydrogen) atoms. The summed E-state index contributed by atoms with van der Waals surface area (Å²) in [5.41, 5.74) is 1.34. The van der Waals surface area contributed by atoms with Gasteiger partial charge < -0.3 is 21.3 Å². The molecule has 1 aliphatic rings. The van der Waals surface area contributed by atoms with Crippen molar-refractivity contribution in [3.8, 4) is 0 Å². The summed E-state index contributed by atoms with van der Waals surface area (Å²) in [6, 6.07) is 7.16. The minimum Gasteiger partial charge on any atom is -0.338 e. The van der Waals surface area contributed by atoms with Crippen LogP contribution in [0.3, 0.4) is 0 Å². The molecule has 6 nitrogen and oxygen atoms in total. The number of carbonyl (C=O) groups is 2. The summed E-state index contributed by atoms with van der Waals surface area (Å²) in [5.74, 6) is -0.00967. The van der Waals surface area contributed by atoms with E-state index in [2.05, 4.69) is 21.3 Å². The molecule has 0 spiro atoms. The van der Waals surface area contributed by atoms with Crippen LogP contribution in [-0.2, 0) is 4.79 Å². The van der Waals surface area contributed by atoms with E-state index in [1.54, 1.807) is 18.2 Å². The third-order valence-electron chi connectivity index (χ3n) is 3.34. The number of carbonyl (C=O) groups excluding carboxylic acids is 2. The zero-order valence-electron chi connectivity index (χ0n) is 12.6. The van der Waals surface area contributed by atoms with Crippen LogP contribution < -0.4 is 21.3 Å². The maximum absolute atomic E-state index is 12.0. The van der Waals surface area contributed by atoms with Crippen LogP contribution >= 0.6 is 12.4 Å². The summed E-state index contributed by atoms with van der Waals surface area (Å²) in [6.07, 6.45) is 2.66. The minimum atomic E-state index is -0.254. The molecule has 7 heteroatoms. The van der Waals surface area contributed by atoms with E-state index in [-0.39, 0.29) is 30.4 Å². The van der Waals surface area contributed by atoms with Crippen molar-refractivity contribution in [2.75, 3.05) is 23.7 Å². The summed E-state index contributed by atoms with van der Waals surface area (Å²) in [5, 5.41) is 11.5. The van der Waals surface area contributed by atoms with E-state index in [1.807, 2.05) is 13.0 Å². The van der Waals surface area contributed by atoms with Gasteiger partial charge in [0.1, 0.15) is 0 Å². The lowest BCUT2D eigenvalue weighted by atomic mass is 10.1. The van der Waals surface area contributed by atoms with Crippen LogP contribution in [0.2, 0.25) is 0 Å². The Hall–Kier alpha value is -1.79. The van der Waals surface area contributed by atoms with Crippen LogP contribution in [0.1, 0.15) is 26.2 Å². The molecule has 4 N–H and O–H groups in total. The van der Waals surface area contributed by atoms with Gasteiger partial charge >= 0.3 is 6.03 Å². The summed E-state index contributed by atoms with van der Waals surface area (Å²) in [4.78, 5) is 23.4. The van der Waals surface area contributed by atoms with Crippen LogP contribution in [-0.4, -0.2) is 31.1 Å². The van der Waals surface area contributed by atoms with Gasteiger partial charge in [-0.05, 0) is 44.5 Å². The highest BCUT2D eigenvalue weighted by Crippen LogP contribution is 2.16. The zero-order valence-corrected chi connectivity index (χ0v) is 13.5. The van der Waals surface area contributed by atoms with Gasteiger partial charge in [-0.25, -0.2) is 4.79 Å². The van der Waals surface area contributed by atoms with E-state index in [0.29, 0.717) is 24.3 Å². The van der Waals surface area contributed by atoms with Gasteiger partial charge in [-0.1, -0.05) is 6.07 Å². The molecule has 0 aromatic heterocycles. The monoisotopic (exact) mass is 326 g/mol. The predicted molar refractivity (Wildman–Crippen MR) is 90.7 cm³/mol. The van der Waals surface area contributed by atoms with Crippen molar-refractivity contribution in [2.24, 2.45) is 0 Å². The van der Waals surface area contributed by atoms with Crippen molar-refractivity contribution < 1.29 is 9.59 Å². The first-order valence-electron chi connectivity index (χ1n) is 7.35. The van der Waals surface area contributed by atoms with Crippen LogP contribution in [0.4, 0.5) is 16.2 Å². The first-order valence-corrected chi connectivity index (χ1v) is 7.35. The lowest BCUT2D eigenvalue weighted by Gasteiger charge is -2.11. The summed E-state index contributed by atoms with van der Waals surface area (Å²) >= 11 is 0. The zero-order chi connectivity index (χ0) is 15.1. The van der Waals surface area contributed by atoms with Crippen LogP contribution in [0.5, 0.6) is 0 Å². The molecule has 1 fully saturated rings. The van der Waals surface area contributed by atoms with Gasteiger partial charge in [-0.15, -0.1) is 12.4 Å². The van der Waals surface area contributed by atoms with Crippen LogP contribution in [0.25, 0.3) is 0 Å². The second-order valence-corrected chi connectivity index (χ2v) is 5.11. The van der Waals surface area contributed by atoms with Gasteiger partial charge in [0.25, 0.3) is 0 Å². The molecule has 0 bridgehead atoms. The number of benzene rings is 1. The molecular formula is C15H23ClN4O2. The van der Waals surface area contributed by atoms with Crippen LogP contribution in [0.15, 0.2) is 24.3 Å². The Labute approximate surface area is 136 Å².